The number of hydrogen-bond donors (Lipinski definition) is 1. The van der Waals surface area contributed by atoms with E-state index in [1.165, 1.54) is 10.5 Å². The first-order chi connectivity index (χ1) is 11.7. The number of benzene rings is 2. The Hall–Kier alpha value is -2.27. The first kappa shape index (κ1) is 15.3. The van der Waals surface area contributed by atoms with Crippen molar-refractivity contribution in [3.63, 3.8) is 0 Å². The van der Waals surface area contributed by atoms with E-state index in [0.29, 0.717) is 5.92 Å². The van der Waals surface area contributed by atoms with E-state index in [-0.39, 0.29) is 22.6 Å². The Balaban J connectivity index is 1.73. The van der Waals surface area contributed by atoms with Gasteiger partial charge in [-0.15, -0.1) is 11.8 Å². The minimum atomic E-state index is -0.318. The SMILES string of the molecule is CSc1ccc(C2Nc3ccc([N+](=O)[O-])cc3C3C=CCC32)cc1. The molecule has 0 amide bonds. The lowest BCUT2D eigenvalue weighted by Gasteiger charge is -2.37. The molecule has 3 atom stereocenters. The Labute approximate surface area is 145 Å². The van der Waals surface area contributed by atoms with Gasteiger partial charge in [-0.1, -0.05) is 24.3 Å². The van der Waals surface area contributed by atoms with Crippen molar-refractivity contribution in [1.29, 1.82) is 0 Å². The van der Waals surface area contributed by atoms with Gasteiger partial charge in [0, 0.05) is 28.6 Å². The maximum atomic E-state index is 11.1. The third-order valence-corrected chi connectivity index (χ3v) is 5.78. The molecule has 0 fully saturated rings. The molecule has 1 aliphatic heterocycles. The second-order valence-corrected chi connectivity index (χ2v) is 7.16. The average molecular weight is 338 g/mol. The summed E-state index contributed by atoms with van der Waals surface area (Å²) in [7, 11) is 0. The number of rotatable bonds is 3. The predicted octanol–water partition coefficient (Wildman–Crippen LogP) is 5.14. The zero-order valence-corrected chi connectivity index (χ0v) is 14.1. The Kier molecular flexibility index (Phi) is 3.81. The molecule has 1 heterocycles. The highest BCUT2D eigenvalue weighted by atomic mass is 32.2. The van der Waals surface area contributed by atoms with Crippen LogP contribution in [0.5, 0.6) is 0 Å². The zero-order valence-electron chi connectivity index (χ0n) is 13.3. The highest BCUT2D eigenvalue weighted by molar-refractivity contribution is 7.98. The van der Waals surface area contributed by atoms with Crippen LogP contribution in [0.3, 0.4) is 0 Å². The van der Waals surface area contributed by atoms with Gasteiger partial charge in [-0.2, -0.15) is 0 Å². The number of nitrogens with one attached hydrogen (secondary N) is 1. The van der Waals surface area contributed by atoms with Crippen molar-refractivity contribution < 1.29 is 4.92 Å². The number of allylic oxidation sites excluding steroid dienone is 2. The maximum Gasteiger partial charge on any atom is 0.269 e. The molecule has 2 aromatic rings. The lowest BCUT2D eigenvalue weighted by molar-refractivity contribution is -0.384. The molecule has 1 aliphatic carbocycles. The fourth-order valence-corrected chi connectivity index (χ4v) is 4.24. The lowest BCUT2D eigenvalue weighted by atomic mass is 9.77. The quantitative estimate of drug-likeness (QED) is 0.364. The van der Waals surface area contributed by atoms with Crippen LogP contribution < -0.4 is 5.32 Å². The number of nitrogens with zero attached hydrogens (tertiary/aromatic N) is 1. The summed E-state index contributed by atoms with van der Waals surface area (Å²) in [6, 6.07) is 14.1. The summed E-state index contributed by atoms with van der Waals surface area (Å²) in [4.78, 5) is 12.0. The second kappa shape index (κ2) is 5.98. The molecule has 24 heavy (non-hydrogen) atoms. The van der Waals surface area contributed by atoms with Crippen molar-refractivity contribution in [1.82, 2.24) is 0 Å². The van der Waals surface area contributed by atoms with Gasteiger partial charge in [0.2, 0.25) is 0 Å². The molecular formula is C19H18N2O2S. The largest absolute Gasteiger partial charge is 0.378 e. The first-order valence-corrected chi connectivity index (χ1v) is 9.25. The number of nitro benzene ring substituents is 1. The molecular weight excluding hydrogens is 320 g/mol. The number of fused-ring (bicyclic) bond motifs is 3. The molecule has 4 rings (SSSR count). The fourth-order valence-electron chi connectivity index (χ4n) is 3.84. The molecule has 122 valence electrons. The van der Waals surface area contributed by atoms with E-state index in [1.54, 1.807) is 23.9 Å². The van der Waals surface area contributed by atoms with E-state index in [9.17, 15) is 10.1 Å². The number of anilines is 1. The molecule has 0 aromatic heterocycles. The minimum absolute atomic E-state index is 0.164. The molecule has 4 nitrogen and oxygen atoms in total. The first-order valence-electron chi connectivity index (χ1n) is 8.03. The van der Waals surface area contributed by atoms with Crippen LogP contribution in [-0.2, 0) is 0 Å². The Bertz CT molecular complexity index is 817. The molecule has 2 aliphatic rings. The molecule has 0 saturated heterocycles. The van der Waals surface area contributed by atoms with Crippen molar-refractivity contribution in [3.05, 3.63) is 75.9 Å². The maximum absolute atomic E-state index is 11.1. The van der Waals surface area contributed by atoms with E-state index in [4.69, 9.17) is 0 Å². The van der Waals surface area contributed by atoms with Crippen LogP contribution in [0.25, 0.3) is 0 Å². The monoisotopic (exact) mass is 338 g/mol. The van der Waals surface area contributed by atoms with Crippen LogP contribution in [0.15, 0.2) is 59.5 Å². The van der Waals surface area contributed by atoms with Crippen molar-refractivity contribution >= 4 is 23.1 Å². The van der Waals surface area contributed by atoms with Crippen LogP contribution in [0.4, 0.5) is 11.4 Å². The summed E-state index contributed by atoms with van der Waals surface area (Å²) >= 11 is 1.74. The van der Waals surface area contributed by atoms with E-state index >= 15 is 0 Å². The van der Waals surface area contributed by atoms with Gasteiger partial charge >= 0.3 is 0 Å². The molecule has 1 N–H and O–H groups in total. The van der Waals surface area contributed by atoms with Gasteiger partial charge in [-0.25, -0.2) is 0 Å². The van der Waals surface area contributed by atoms with Crippen LogP contribution in [0, 0.1) is 16.0 Å². The average Bonchev–Trinajstić information content (AvgIpc) is 3.10. The third kappa shape index (κ3) is 2.49. The topological polar surface area (TPSA) is 55.2 Å². The van der Waals surface area contributed by atoms with E-state index in [0.717, 1.165) is 17.7 Å². The Morgan fingerprint density at radius 2 is 2.00 bits per heavy atom. The molecule has 0 radical (unpaired) electrons. The molecule has 2 aromatic carbocycles. The van der Waals surface area contributed by atoms with Gasteiger partial charge in [-0.05, 0) is 47.9 Å². The molecule has 0 bridgehead atoms. The molecule has 0 spiro atoms. The number of hydrogen-bond acceptors (Lipinski definition) is 4. The number of non-ortho nitro benzene ring substituents is 1. The summed E-state index contributed by atoms with van der Waals surface area (Å²) in [5, 5.41) is 14.7. The van der Waals surface area contributed by atoms with Gasteiger partial charge in [0.15, 0.2) is 0 Å². The zero-order chi connectivity index (χ0) is 16.7. The van der Waals surface area contributed by atoms with Gasteiger partial charge < -0.3 is 5.32 Å². The van der Waals surface area contributed by atoms with Crippen LogP contribution >= 0.6 is 11.8 Å². The smallest absolute Gasteiger partial charge is 0.269 e. The van der Waals surface area contributed by atoms with Crippen molar-refractivity contribution in [2.45, 2.75) is 23.3 Å². The van der Waals surface area contributed by atoms with E-state index < -0.39 is 0 Å². The van der Waals surface area contributed by atoms with E-state index in [1.807, 2.05) is 6.07 Å². The van der Waals surface area contributed by atoms with Gasteiger partial charge in [0.05, 0.1) is 11.0 Å². The molecule has 0 saturated carbocycles. The summed E-state index contributed by atoms with van der Waals surface area (Å²) in [6.45, 7) is 0. The van der Waals surface area contributed by atoms with Crippen molar-refractivity contribution in [2.75, 3.05) is 11.6 Å². The van der Waals surface area contributed by atoms with Crippen molar-refractivity contribution in [2.24, 2.45) is 5.92 Å². The molecule has 3 unspecified atom stereocenters. The highest BCUT2D eigenvalue weighted by Gasteiger charge is 2.38. The van der Waals surface area contributed by atoms with Gasteiger partial charge in [0.25, 0.3) is 5.69 Å². The van der Waals surface area contributed by atoms with Crippen LogP contribution in [0.2, 0.25) is 0 Å². The second-order valence-electron chi connectivity index (χ2n) is 6.28. The Morgan fingerprint density at radius 3 is 2.71 bits per heavy atom. The standard InChI is InChI=1S/C19H18N2O2S/c1-24-14-8-5-12(6-9-14)19-16-4-2-3-15(16)17-11-13(21(22)23)7-10-18(17)20-19/h2-3,5-11,15-16,19-20H,4H2,1H3. The number of thioether (sulfide) groups is 1. The van der Waals surface area contributed by atoms with Gasteiger partial charge in [0.1, 0.15) is 0 Å². The van der Waals surface area contributed by atoms with Crippen LogP contribution in [0.1, 0.15) is 29.5 Å². The highest BCUT2D eigenvalue weighted by Crippen LogP contribution is 2.50. The summed E-state index contributed by atoms with van der Waals surface area (Å²) in [5.74, 6) is 0.644. The normalized spacial score (nSPS) is 24.1. The minimum Gasteiger partial charge on any atom is -0.378 e. The summed E-state index contributed by atoms with van der Waals surface area (Å²) in [6.07, 6.45) is 7.48. The Morgan fingerprint density at radius 1 is 1.21 bits per heavy atom. The lowest BCUT2D eigenvalue weighted by Crippen LogP contribution is -2.29. The van der Waals surface area contributed by atoms with E-state index in [2.05, 4.69) is 48.0 Å². The predicted molar refractivity (Wildman–Crippen MR) is 97.7 cm³/mol. The summed E-state index contributed by atoms with van der Waals surface area (Å²) < 4.78 is 0. The fraction of sp³-hybridized carbons (Fsp3) is 0.263. The summed E-state index contributed by atoms with van der Waals surface area (Å²) in [5.41, 5.74) is 3.49. The van der Waals surface area contributed by atoms with Crippen molar-refractivity contribution in [3.8, 4) is 0 Å². The third-order valence-electron chi connectivity index (χ3n) is 5.03. The molecule has 5 heteroatoms. The van der Waals surface area contributed by atoms with Crippen LogP contribution in [-0.4, -0.2) is 11.2 Å². The van der Waals surface area contributed by atoms with Gasteiger partial charge in [-0.3, -0.25) is 10.1 Å². The number of nitro groups is 1.